The predicted octanol–water partition coefficient (Wildman–Crippen LogP) is 2.77. The molecule has 0 aliphatic heterocycles. The summed E-state index contributed by atoms with van der Waals surface area (Å²) < 4.78 is 23.9. The Morgan fingerprint density at radius 2 is 2.04 bits per heavy atom. The van der Waals surface area contributed by atoms with Gasteiger partial charge in [-0.1, -0.05) is 17.7 Å². The summed E-state index contributed by atoms with van der Waals surface area (Å²) in [5, 5.41) is 11.6. The molecule has 1 heterocycles. The van der Waals surface area contributed by atoms with Crippen LogP contribution in [0, 0.1) is 12.7 Å². The first-order chi connectivity index (χ1) is 12.3. The van der Waals surface area contributed by atoms with Crippen LogP contribution in [0.1, 0.15) is 16.7 Å². The second-order valence-electron chi connectivity index (χ2n) is 5.72. The van der Waals surface area contributed by atoms with Crippen molar-refractivity contribution < 1.29 is 23.4 Å². The molecule has 3 aromatic rings. The first-order valence-corrected chi connectivity index (χ1v) is 8.06. The van der Waals surface area contributed by atoms with Gasteiger partial charge in [0.05, 0.1) is 5.02 Å². The van der Waals surface area contributed by atoms with E-state index in [-0.39, 0.29) is 22.8 Å². The molecule has 0 saturated heterocycles. The van der Waals surface area contributed by atoms with Gasteiger partial charge in [-0.3, -0.25) is 0 Å². The highest BCUT2D eigenvalue weighted by Crippen LogP contribution is 2.26. The van der Waals surface area contributed by atoms with E-state index >= 15 is 0 Å². The molecule has 134 valence electrons. The van der Waals surface area contributed by atoms with Crippen LogP contribution in [-0.2, 0) is 17.8 Å². The minimum absolute atomic E-state index is 0.0595. The smallest absolute Gasteiger partial charge is 0.340 e. The van der Waals surface area contributed by atoms with Crippen molar-refractivity contribution in [3.8, 4) is 5.75 Å². The number of aryl methyl sites for hydroxylation is 1. The SMILES string of the molecule is Cc1c(CC(=O)[O-])c(=O)oc2cc(OCc3ccc(F)cc3Cl)ccc12. The molecule has 0 N–H and O–H groups in total. The third-order valence-electron chi connectivity index (χ3n) is 3.99. The Bertz CT molecular complexity index is 1060. The van der Waals surface area contributed by atoms with Crippen molar-refractivity contribution in [1.82, 2.24) is 0 Å². The van der Waals surface area contributed by atoms with Crippen LogP contribution in [0.4, 0.5) is 4.39 Å². The van der Waals surface area contributed by atoms with Crippen LogP contribution in [0.3, 0.4) is 0 Å². The van der Waals surface area contributed by atoms with E-state index in [2.05, 4.69) is 0 Å². The quantitative estimate of drug-likeness (QED) is 0.641. The summed E-state index contributed by atoms with van der Waals surface area (Å²) in [6.45, 7) is 1.76. The number of hydrogen-bond donors (Lipinski definition) is 0. The van der Waals surface area contributed by atoms with Crippen molar-refractivity contribution in [2.24, 2.45) is 0 Å². The van der Waals surface area contributed by atoms with E-state index in [4.69, 9.17) is 20.8 Å². The van der Waals surface area contributed by atoms with Crippen molar-refractivity contribution in [3.05, 3.63) is 74.3 Å². The fraction of sp³-hybridized carbons (Fsp3) is 0.158. The lowest BCUT2D eigenvalue weighted by atomic mass is 10.0. The van der Waals surface area contributed by atoms with Crippen LogP contribution in [0.25, 0.3) is 11.0 Å². The Morgan fingerprint density at radius 3 is 2.73 bits per heavy atom. The average molecular weight is 376 g/mol. The van der Waals surface area contributed by atoms with Crippen molar-refractivity contribution >= 4 is 28.5 Å². The molecular formula is C19H13ClFO5-. The fourth-order valence-electron chi connectivity index (χ4n) is 2.61. The summed E-state index contributed by atoms with van der Waals surface area (Å²) in [4.78, 5) is 22.8. The van der Waals surface area contributed by atoms with Gasteiger partial charge in [0.2, 0.25) is 0 Å². The van der Waals surface area contributed by atoms with E-state index < -0.39 is 23.8 Å². The maximum Gasteiger partial charge on any atom is 0.340 e. The Hall–Kier alpha value is -2.86. The third kappa shape index (κ3) is 3.70. The Balaban J connectivity index is 1.89. The van der Waals surface area contributed by atoms with Gasteiger partial charge in [-0.25, -0.2) is 9.18 Å². The molecule has 0 radical (unpaired) electrons. The molecule has 3 rings (SSSR count). The summed E-state index contributed by atoms with van der Waals surface area (Å²) in [6.07, 6.45) is -0.509. The monoisotopic (exact) mass is 375 g/mol. The summed E-state index contributed by atoms with van der Waals surface area (Å²) >= 11 is 5.96. The lowest BCUT2D eigenvalue weighted by Gasteiger charge is -2.11. The minimum Gasteiger partial charge on any atom is -0.550 e. The molecule has 0 fully saturated rings. The van der Waals surface area contributed by atoms with Crippen LogP contribution >= 0.6 is 11.6 Å². The zero-order valence-electron chi connectivity index (χ0n) is 13.7. The maximum atomic E-state index is 13.1. The van der Waals surface area contributed by atoms with Gasteiger partial charge >= 0.3 is 5.63 Å². The van der Waals surface area contributed by atoms with Crippen molar-refractivity contribution in [2.75, 3.05) is 0 Å². The average Bonchev–Trinajstić information content (AvgIpc) is 2.57. The Morgan fingerprint density at radius 1 is 1.27 bits per heavy atom. The maximum absolute atomic E-state index is 13.1. The van der Waals surface area contributed by atoms with E-state index in [1.54, 1.807) is 19.1 Å². The first-order valence-electron chi connectivity index (χ1n) is 7.68. The standard InChI is InChI=1S/C19H14ClFO5/c1-10-14-5-4-13(25-9-11-2-3-12(21)6-16(11)20)7-17(14)26-19(24)15(10)8-18(22)23/h2-7H,8-9H2,1H3,(H,22,23)/p-1. The zero-order chi connectivity index (χ0) is 18.8. The molecule has 0 unspecified atom stereocenters. The van der Waals surface area contributed by atoms with Crippen LogP contribution < -0.4 is 15.5 Å². The van der Waals surface area contributed by atoms with Gasteiger partial charge in [0.25, 0.3) is 0 Å². The summed E-state index contributed by atoms with van der Waals surface area (Å²) in [5.74, 6) is -1.36. The van der Waals surface area contributed by atoms with Crippen molar-refractivity contribution in [2.45, 2.75) is 20.0 Å². The summed E-state index contributed by atoms with van der Waals surface area (Å²) in [5.41, 5.74) is 0.739. The lowest BCUT2D eigenvalue weighted by molar-refractivity contribution is -0.304. The van der Waals surface area contributed by atoms with Crippen LogP contribution in [0.15, 0.2) is 45.6 Å². The number of carboxylic acid groups (broad SMARTS) is 1. The number of ether oxygens (including phenoxy) is 1. The lowest BCUT2D eigenvalue weighted by Crippen LogP contribution is -2.27. The largest absolute Gasteiger partial charge is 0.550 e. The predicted molar refractivity (Wildman–Crippen MR) is 91.7 cm³/mol. The van der Waals surface area contributed by atoms with Gasteiger partial charge < -0.3 is 19.1 Å². The number of carboxylic acids is 1. The van der Waals surface area contributed by atoms with E-state index in [0.717, 1.165) is 0 Å². The number of carbonyl (C=O) groups is 1. The number of rotatable bonds is 5. The van der Waals surface area contributed by atoms with Crippen LogP contribution in [0.5, 0.6) is 5.75 Å². The highest BCUT2D eigenvalue weighted by Gasteiger charge is 2.12. The molecule has 0 spiro atoms. The van der Waals surface area contributed by atoms with Crippen LogP contribution in [0.2, 0.25) is 5.02 Å². The Labute approximate surface area is 152 Å². The number of carbonyl (C=O) groups excluding carboxylic acids is 1. The molecule has 7 heteroatoms. The second kappa shape index (κ2) is 7.17. The molecule has 26 heavy (non-hydrogen) atoms. The summed E-state index contributed by atoms with van der Waals surface area (Å²) in [6, 6.07) is 8.87. The number of aliphatic carboxylic acids is 1. The van der Waals surface area contributed by atoms with Crippen LogP contribution in [-0.4, -0.2) is 5.97 Å². The number of benzene rings is 2. The second-order valence-corrected chi connectivity index (χ2v) is 6.13. The highest BCUT2D eigenvalue weighted by atomic mass is 35.5. The molecule has 2 aromatic carbocycles. The van der Waals surface area contributed by atoms with Gasteiger partial charge in [0.15, 0.2) is 0 Å². The van der Waals surface area contributed by atoms with E-state index in [1.807, 2.05) is 0 Å². The fourth-order valence-corrected chi connectivity index (χ4v) is 2.83. The van der Waals surface area contributed by atoms with Crippen molar-refractivity contribution in [3.63, 3.8) is 0 Å². The van der Waals surface area contributed by atoms with E-state index in [9.17, 15) is 19.1 Å². The van der Waals surface area contributed by atoms with Gasteiger partial charge in [-0.05, 0) is 36.8 Å². The molecule has 5 nitrogen and oxygen atoms in total. The van der Waals surface area contributed by atoms with Gasteiger partial charge in [-0.2, -0.15) is 0 Å². The van der Waals surface area contributed by atoms with Gasteiger partial charge in [0, 0.05) is 35.0 Å². The normalized spacial score (nSPS) is 10.9. The molecule has 0 saturated carbocycles. The minimum atomic E-state index is -1.35. The number of fused-ring (bicyclic) bond motifs is 1. The molecule has 0 amide bonds. The topological polar surface area (TPSA) is 79.6 Å². The molecule has 1 aromatic heterocycles. The summed E-state index contributed by atoms with van der Waals surface area (Å²) in [7, 11) is 0. The van der Waals surface area contributed by atoms with Gasteiger partial charge in [-0.15, -0.1) is 0 Å². The molecule has 0 bridgehead atoms. The third-order valence-corrected chi connectivity index (χ3v) is 4.34. The van der Waals surface area contributed by atoms with Crippen molar-refractivity contribution in [1.29, 1.82) is 0 Å². The Kier molecular flexibility index (Phi) is 4.95. The van der Waals surface area contributed by atoms with Gasteiger partial charge in [0.1, 0.15) is 23.8 Å². The first kappa shape index (κ1) is 17.9. The van der Waals surface area contributed by atoms with E-state index in [1.165, 1.54) is 24.3 Å². The molecule has 0 aliphatic rings. The molecule has 0 atom stereocenters. The molecular weight excluding hydrogens is 363 g/mol. The highest BCUT2D eigenvalue weighted by molar-refractivity contribution is 6.31. The number of hydrogen-bond acceptors (Lipinski definition) is 5. The number of halogens is 2. The molecule has 0 aliphatic carbocycles. The zero-order valence-corrected chi connectivity index (χ0v) is 14.4. The van der Waals surface area contributed by atoms with E-state index in [0.29, 0.717) is 22.3 Å².